The van der Waals surface area contributed by atoms with E-state index in [0.717, 1.165) is 16.7 Å². The molecule has 1 aliphatic heterocycles. The molecule has 0 spiro atoms. The molecule has 0 bridgehead atoms. The van der Waals surface area contributed by atoms with Gasteiger partial charge >= 0.3 is 0 Å². The molecule has 5 heteroatoms. The molecule has 4 rings (SSSR count). The molecule has 1 N–H and O–H groups in total. The number of carbonyl (C=O) groups excluding carboxylic acids is 2. The maximum absolute atomic E-state index is 12.8. The van der Waals surface area contributed by atoms with Gasteiger partial charge in [0.25, 0.3) is 0 Å². The lowest BCUT2D eigenvalue weighted by Crippen LogP contribution is -2.33. The van der Waals surface area contributed by atoms with Crippen LogP contribution in [-0.4, -0.2) is 21.7 Å². The Morgan fingerprint density at radius 1 is 1.03 bits per heavy atom. The predicted molar refractivity (Wildman–Crippen MR) is 121 cm³/mol. The molecule has 5 nitrogen and oxygen atoms in total. The lowest BCUT2D eigenvalue weighted by molar-refractivity contribution is -0.129. The molecule has 0 saturated heterocycles. The topological polar surface area (TPSA) is 62.3 Å². The van der Waals surface area contributed by atoms with E-state index in [1.54, 1.807) is 17.3 Å². The first-order valence-corrected chi connectivity index (χ1v) is 9.99. The van der Waals surface area contributed by atoms with Gasteiger partial charge in [0.1, 0.15) is 5.69 Å². The average molecular weight is 407 g/mol. The Morgan fingerprint density at radius 3 is 2.68 bits per heavy atom. The van der Waals surface area contributed by atoms with E-state index < -0.39 is 0 Å². The van der Waals surface area contributed by atoms with Gasteiger partial charge in [-0.3, -0.25) is 9.59 Å². The second-order valence-electron chi connectivity index (χ2n) is 7.18. The molecular weight excluding hydrogens is 386 g/mol. The third-order valence-corrected chi connectivity index (χ3v) is 4.99. The predicted octanol–water partition coefficient (Wildman–Crippen LogP) is 4.38. The summed E-state index contributed by atoms with van der Waals surface area (Å²) in [7, 11) is 0. The molecule has 0 unspecified atom stereocenters. The molecule has 0 aliphatic carbocycles. The zero-order valence-corrected chi connectivity index (χ0v) is 17.1. The van der Waals surface area contributed by atoms with Crippen molar-refractivity contribution in [2.45, 2.75) is 19.4 Å². The normalized spacial score (nSPS) is 14.2. The lowest BCUT2D eigenvalue weighted by Gasteiger charge is -2.32. The van der Waals surface area contributed by atoms with E-state index in [9.17, 15) is 9.59 Å². The molecule has 1 aliphatic rings. The fourth-order valence-corrected chi connectivity index (χ4v) is 3.55. The first-order valence-electron chi connectivity index (χ1n) is 9.99. The van der Waals surface area contributed by atoms with Crippen LogP contribution in [0.4, 0.5) is 5.69 Å². The van der Waals surface area contributed by atoms with Crippen molar-refractivity contribution in [3.63, 3.8) is 0 Å². The van der Waals surface area contributed by atoms with Gasteiger partial charge in [0, 0.05) is 30.6 Å². The number of nitrogens with zero attached hydrogens (tertiary/aromatic N) is 2. The number of anilines is 1. The third-order valence-electron chi connectivity index (χ3n) is 4.99. The number of nitrogens with one attached hydrogen (secondary N) is 1. The highest BCUT2D eigenvalue weighted by Crippen LogP contribution is 2.33. The molecule has 2 amide bonds. The van der Waals surface area contributed by atoms with Gasteiger partial charge in [0.05, 0.1) is 12.5 Å². The van der Waals surface area contributed by atoms with Gasteiger partial charge in [-0.2, -0.15) is 0 Å². The quantitative estimate of drug-likeness (QED) is 0.655. The number of carbonyl (C=O) groups is 2. The molecule has 0 radical (unpaired) electrons. The summed E-state index contributed by atoms with van der Waals surface area (Å²) in [4.78, 5) is 30.7. The molecule has 152 valence electrons. The van der Waals surface area contributed by atoms with E-state index in [0.29, 0.717) is 11.4 Å². The van der Waals surface area contributed by atoms with E-state index in [4.69, 9.17) is 0 Å². The summed E-state index contributed by atoms with van der Waals surface area (Å²) in [6.07, 6.45) is 5.50. The van der Waals surface area contributed by atoms with Gasteiger partial charge in [0.2, 0.25) is 11.8 Å². The van der Waals surface area contributed by atoms with Crippen molar-refractivity contribution in [2.24, 2.45) is 0 Å². The highest BCUT2D eigenvalue weighted by Gasteiger charge is 2.28. The van der Waals surface area contributed by atoms with Crippen molar-refractivity contribution >= 4 is 23.6 Å². The molecule has 2 heterocycles. The van der Waals surface area contributed by atoms with Crippen molar-refractivity contribution in [3.8, 4) is 11.8 Å². The third kappa shape index (κ3) is 4.88. The Kier molecular flexibility index (Phi) is 5.91. The number of pyridine rings is 1. The Morgan fingerprint density at radius 2 is 1.87 bits per heavy atom. The van der Waals surface area contributed by atoms with Crippen LogP contribution in [0.25, 0.3) is 6.08 Å². The Bertz CT molecular complexity index is 1210. The Hall–Kier alpha value is -4.17. The number of hydrogen-bond acceptors (Lipinski definition) is 3. The van der Waals surface area contributed by atoms with E-state index in [-0.39, 0.29) is 24.3 Å². The summed E-state index contributed by atoms with van der Waals surface area (Å²) in [6.45, 7) is 1.51. The molecule has 0 saturated carbocycles. The van der Waals surface area contributed by atoms with Crippen LogP contribution in [0, 0.1) is 11.8 Å². The molecule has 3 aromatic rings. The maximum Gasteiger partial charge on any atom is 0.226 e. The molecular formula is C26H21N3O2. The van der Waals surface area contributed by atoms with Gasteiger partial charge in [-0.05, 0) is 53.5 Å². The summed E-state index contributed by atoms with van der Waals surface area (Å²) in [6, 6.07) is 20.4. The monoisotopic (exact) mass is 407 g/mol. The summed E-state index contributed by atoms with van der Waals surface area (Å²) in [5, 5.41) is 2.93. The Labute approximate surface area is 181 Å². The van der Waals surface area contributed by atoms with Crippen molar-refractivity contribution in [3.05, 3.63) is 102 Å². The summed E-state index contributed by atoms with van der Waals surface area (Å²) >= 11 is 0. The SMILES string of the molecule is CC(=O)N1C=Cc2ccccc2[C@H]1CC(=O)Nc1cccc(C#Cc2ccccn2)c1. The Balaban J connectivity index is 1.49. The molecule has 0 fully saturated rings. The number of rotatable bonds is 3. The highest BCUT2D eigenvalue weighted by molar-refractivity contribution is 5.92. The van der Waals surface area contributed by atoms with Crippen LogP contribution >= 0.6 is 0 Å². The average Bonchev–Trinajstić information content (AvgIpc) is 2.78. The maximum atomic E-state index is 12.8. The van der Waals surface area contributed by atoms with Crippen LogP contribution in [0.15, 0.2) is 79.1 Å². The fraction of sp³-hybridized carbons (Fsp3) is 0.115. The van der Waals surface area contributed by atoms with Crippen LogP contribution in [-0.2, 0) is 9.59 Å². The number of fused-ring (bicyclic) bond motifs is 1. The summed E-state index contributed by atoms with van der Waals surface area (Å²) < 4.78 is 0. The number of amides is 2. The minimum Gasteiger partial charge on any atom is -0.326 e. The largest absolute Gasteiger partial charge is 0.326 e. The van der Waals surface area contributed by atoms with Crippen LogP contribution in [0.5, 0.6) is 0 Å². The molecule has 1 aromatic heterocycles. The van der Waals surface area contributed by atoms with Gasteiger partial charge in [0.15, 0.2) is 0 Å². The summed E-state index contributed by atoms with van der Waals surface area (Å²) in [5.41, 5.74) is 4.10. The summed E-state index contributed by atoms with van der Waals surface area (Å²) in [5.74, 6) is 5.80. The fourth-order valence-electron chi connectivity index (χ4n) is 3.55. The number of hydrogen-bond donors (Lipinski definition) is 1. The van der Waals surface area contributed by atoms with Crippen LogP contribution in [0.1, 0.15) is 41.8 Å². The van der Waals surface area contributed by atoms with Crippen LogP contribution in [0.3, 0.4) is 0 Å². The van der Waals surface area contributed by atoms with Crippen LogP contribution < -0.4 is 5.32 Å². The zero-order chi connectivity index (χ0) is 21.6. The van der Waals surface area contributed by atoms with Gasteiger partial charge < -0.3 is 10.2 Å². The van der Waals surface area contributed by atoms with E-state index in [1.165, 1.54) is 6.92 Å². The van der Waals surface area contributed by atoms with Gasteiger partial charge in [-0.15, -0.1) is 0 Å². The van der Waals surface area contributed by atoms with Crippen molar-refractivity contribution in [1.29, 1.82) is 0 Å². The van der Waals surface area contributed by atoms with E-state index >= 15 is 0 Å². The van der Waals surface area contributed by atoms with Crippen molar-refractivity contribution < 1.29 is 9.59 Å². The molecule has 1 atom stereocenters. The minimum atomic E-state index is -0.342. The zero-order valence-electron chi connectivity index (χ0n) is 17.1. The van der Waals surface area contributed by atoms with E-state index in [1.807, 2.05) is 72.8 Å². The van der Waals surface area contributed by atoms with Crippen molar-refractivity contribution in [1.82, 2.24) is 9.88 Å². The standard InChI is InChI=1S/C26H21N3O2/c1-19(30)29-16-14-21-8-2-3-11-24(21)25(29)18-26(31)28-23-10-6-7-20(17-23)12-13-22-9-4-5-15-27-22/h2-11,14-17,25H,18H2,1H3,(H,28,31)/t25-/m1/s1. The van der Waals surface area contributed by atoms with Crippen LogP contribution in [0.2, 0.25) is 0 Å². The molecule has 31 heavy (non-hydrogen) atoms. The highest BCUT2D eigenvalue weighted by atomic mass is 16.2. The number of benzene rings is 2. The first-order chi connectivity index (χ1) is 15.1. The smallest absolute Gasteiger partial charge is 0.226 e. The van der Waals surface area contributed by atoms with Crippen molar-refractivity contribution in [2.75, 3.05) is 5.32 Å². The second-order valence-corrected chi connectivity index (χ2v) is 7.18. The van der Waals surface area contributed by atoms with Gasteiger partial charge in [-0.1, -0.05) is 42.3 Å². The van der Waals surface area contributed by atoms with E-state index in [2.05, 4.69) is 22.1 Å². The number of aromatic nitrogens is 1. The lowest BCUT2D eigenvalue weighted by atomic mass is 9.93. The van der Waals surface area contributed by atoms with Gasteiger partial charge in [-0.25, -0.2) is 4.98 Å². The second kappa shape index (κ2) is 9.10. The minimum absolute atomic E-state index is 0.102. The first kappa shape index (κ1) is 20.1. The molecule has 2 aromatic carbocycles.